The molecule has 2 N–H and O–H groups in total. The molecule has 0 saturated heterocycles. The largest absolute Gasteiger partial charge is 0.441 e. The number of halogens is 3. The van der Waals surface area contributed by atoms with E-state index in [2.05, 4.69) is 0 Å². The Morgan fingerprint density at radius 1 is 1.16 bits per heavy atom. The fraction of sp³-hybridized carbons (Fsp3) is 0.273. The first-order chi connectivity index (χ1) is 8.79. The lowest BCUT2D eigenvalue weighted by molar-refractivity contribution is -0.0329. The van der Waals surface area contributed by atoms with Crippen LogP contribution in [-0.4, -0.2) is 34.5 Å². The number of benzene rings is 1. The second-order valence-corrected chi connectivity index (χ2v) is 5.02. The summed E-state index contributed by atoms with van der Waals surface area (Å²) in [6, 6.07) is 4.23. The summed E-state index contributed by atoms with van der Waals surface area (Å²) >= 11 is -0.264. The number of amides is 2. The highest BCUT2D eigenvalue weighted by Gasteiger charge is 2.36. The predicted molar refractivity (Wildman–Crippen MR) is 64.7 cm³/mol. The molecule has 4 nitrogen and oxygen atoms in total. The molecule has 0 fully saturated rings. The van der Waals surface area contributed by atoms with Crippen LogP contribution < -0.4 is 5.73 Å². The minimum atomic E-state index is -4.37. The molecule has 0 atom stereocenters. The molecule has 0 radical (unpaired) electrons. The first-order valence-corrected chi connectivity index (χ1v) is 6.24. The number of hydrogen-bond donors (Lipinski definition) is 1. The Labute approximate surface area is 110 Å². The highest BCUT2D eigenvalue weighted by atomic mass is 32.2. The number of nitrogen functional groups attached to an aromatic ring is 1. The Morgan fingerprint density at radius 2 is 1.79 bits per heavy atom. The Kier molecular flexibility index (Phi) is 3.44. The highest BCUT2D eigenvalue weighted by Crippen LogP contribution is 2.31. The van der Waals surface area contributed by atoms with Gasteiger partial charge < -0.3 is 5.73 Å². The number of alkyl halides is 3. The van der Waals surface area contributed by atoms with Crippen LogP contribution in [0.15, 0.2) is 18.2 Å². The Morgan fingerprint density at radius 3 is 2.42 bits per heavy atom. The maximum atomic E-state index is 12.0. The highest BCUT2D eigenvalue weighted by molar-refractivity contribution is 8.00. The fourth-order valence-electron chi connectivity index (χ4n) is 1.76. The van der Waals surface area contributed by atoms with Crippen LogP contribution in [0.1, 0.15) is 20.7 Å². The van der Waals surface area contributed by atoms with Crippen molar-refractivity contribution in [2.45, 2.75) is 5.51 Å². The molecule has 1 aromatic rings. The van der Waals surface area contributed by atoms with Gasteiger partial charge in [0.25, 0.3) is 11.8 Å². The molecule has 102 valence electrons. The minimum Gasteiger partial charge on any atom is -0.399 e. The zero-order valence-corrected chi connectivity index (χ0v) is 10.3. The zero-order valence-electron chi connectivity index (χ0n) is 9.53. The third kappa shape index (κ3) is 2.83. The van der Waals surface area contributed by atoms with E-state index >= 15 is 0 Å². The summed E-state index contributed by atoms with van der Waals surface area (Å²) in [5.74, 6) is -1.57. The van der Waals surface area contributed by atoms with Crippen LogP contribution in [0.4, 0.5) is 18.9 Å². The molecule has 8 heteroatoms. The fourth-order valence-corrected chi connectivity index (χ4v) is 2.27. The number of rotatable bonds is 3. The second-order valence-electron chi connectivity index (χ2n) is 3.86. The van der Waals surface area contributed by atoms with Gasteiger partial charge in [0.15, 0.2) is 0 Å². The molecule has 0 aromatic heterocycles. The molecule has 0 saturated carbocycles. The first-order valence-electron chi connectivity index (χ1n) is 5.26. The second kappa shape index (κ2) is 4.76. The summed E-state index contributed by atoms with van der Waals surface area (Å²) in [4.78, 5) is 24.5. The summed E-state index contributed by atoms with van der Waals surface area (Å²) in [5, 5.41) is 0. The number of fused-ring (bicyclic) bond motifs is 1. The van der Waals surface area contributed by atoms with Gasteiger partial charge in [0, 0.05) is 18.0 Å². The third-order valence-electron chi connectivity index (χ3n) is 2.58. The van der Waals surface area contributed by atoms with Gasteiger partial charge in [-0.15, -0.1) is 0 Å². The van der Waals surface area contributed by atoms with E-state index in [0.29, 0.717) is 5.69 Å². The van der Waals surface area contributed by atoms with Crippen molar-refractivity contribution in [3.63, 3.8) is 0 Å². The summed E-state index contributed by atoms with van der Waals surface area (Å²) in [5.41, 5.74) is 1.78. The molecular formula is C11H9F3N2O2S. The van der Waals surface area contributed by atoms with Crippen molar-refractivity contribution >= 4 is 29.3 Å². The number of carbonyl (C=O) groups excluding carboxylic acids is 2. The van der Waals surface area contributed by atoms with Crippen molar-refractivity contribution in [1.82, 2.24) is 4.90 Å². The van der Waals surface area contributed by atoms with Crippen molar-refractivity contribution in [2.75, 3.05) is 18.0 Å². The van der Waals surface area contributed by atoms with Gasteiger partial charge in [0.05, 0.1) is 11.1 Å². The average Bonchev–Trinajstić information content (AvgIpc) is 2.52. The molecule has 0 aliphatic carbocycles. The molecule has 0 spiro atoms. The van der Waals surface area contributed by atoms with Crippen LogP contribution in [0.2, 0.25) is 0 Å². The van der Waals surface area contributed by atoms with E-state index in [1.807, 2.05) is 0 Å². The first kappa shape index (κ1) is 13.7. The SMILES string of the molecule is Nc1ccc2c(c1)C(=O)N(CCSC(F)(F)F)C2=O. The summed E-state index contributed by atoms with van der Waals surface area (Å²) in [6.45, 7) is -0.281. The van der Waals surface area contributed by atoms with Crippen LogP contribution in [0, 0.1) is 0 Å². The van der Waals surface area contributed by atoms with Crippen molar-refractivity contribution in [2.24, 2.45) is 0 Å². The van der Waals surface area contributed by atoms with Crippen molar-refractivity contribution in [3.05, 3.63) is 29.3 Å². The number of nitrogens with zero attached hydrogens (tertiary/aromatic N) is 1. The molecule has 1 aliphatic heterocycles. The molecule has 2 amide bonds. The maximum Gasteiger partial charge on any atom is 0.441 e. The number of anilines is 1. The van der Waals surface area contributed by atoms with Crippen LogP contribution in [0.3, 0.4) is 0 Å². The topological polar surface area (TPSA) is 63.4 Å². The predicted octanol–water partition coefficient (Wildman–Crippen LogP) is 2.12. The van der Waals surface area contributed by atoms with Gasteiger partial charge in [-0.1, -0.05) is 0 Å². The summed E-state index contributed by atoms with van der Waals surface area (Å²) in [6.07, 6.45) is 0. The molecule has 1 aliphatic rings. The normalized spacial score (nSPS) is 15.0. The van der Waals surface area contributed by atoms with Gasteiger partial charge in [-0.2, -0.15) is 13.2 Å². The molecule has 2 rings (SSSR count). The van der Waals surface area contributed by atoms with Gasteiger partial charge in [0.1, 0.15) is 0 Å². The van der Waals surface area contributed by atoms with Gasteiger partial charge in [0.2, 0.25) is 0 Å². The third-order valence-corrected chi connectivity index (χ3v) is 3.29. The van der Waals surface area contributed by atoms with Crippen molar-refractivity contribution < 1.29 is 22.8 Å². The van der Waals surface area contributed by atoms with Crippen LogP contribution in [-0.2, 0) is 0 Å². The molecule has 1 aromatic carbocycles. The standard InChI is InChI=1S/C11H9F3N2O2S/c12-11(13,14)19-4-3-16-9(17)7-2-1-6(15)5-8(7)10(16)18/h1-2,5H,3-4,15H2. The maximum absolute atomic E-state index is 12.0. The number of carbonyl (C=O) groups is 2. The lowest BCUT2D eigenvalue weighted by atomic mass is 10.1. The van der Waals surface area contributed by atoms with E-state index in [1.165, 1.54) is 18.2 Å². The Balaban J connectivity index is 2.10. The quantitative estimate of drug-likeness (QED) is 0.684. The van der Waals surface area contributed by atoms with E-state index in [9.17, 15) is 22.8 Å². The zero-order chi connectivity index (χ0) is 14.2. The van der Waals surface area contributed by atoms with Crippen molar-refractivity contribution in [3.8, 4) is 0 Å². The average molecular weight is 290 g/mol. The number of thioether (sulfide) groups is 1. The van der Waals surface area contributed by atoms with E-state index in [-0.39, 0.29) is 35.2 Å². The van der Waals surface area contributed by atoms with Crippen LogP contribution in [0.25, 0.3) is 0 Å². The molecule has 19 heavy (non-hydrogen) atoms. The number of nitrogens with two attached hydrogens (primary N) is 1. The lowest BCUT2D eigenvalue weighted by Gasteiger charge is -2.13. The van der Waals surface area contributed by atoms with Gasteiger partial charge in [-0.3, -0.25) is 14.5 Å². The Hall–Kier alpha value is -1.70. The van der Waals surface area contributed by atoms with Gasteiger partial charge in [-0.05, 0) is 30.0 Å². The van der Waals surface area contributed by atoms with Crippen molar-refractivity contribution in [1.29, 1.82) is 0 Å². The number of imide groups is 1. The molecule has 0 unspecified atom stereocenters. The van der Waals surface area contributed by atoms with E-state index < -0.39 is 17.3 Å². The van der Waals surface area contributed by atoms with Gasteiger partial charge in [-0.25, -0.2) is 0 Å². The molecule has 0 bridgehead atoms. The minimum absolute atomic E-state index is 0.141. The monoisotopic (exact) mass is 290 g/mol. The smallest absolute Gasteiger partial charge is 0.399 e. The number of hydrogen-bond acceptors (Lipinski definition) is 4. The summed E-state index contributed by atoms with van der Waals surface area (Å²) in [7, 11) is 0. The Bertz CT molecular complexity index is 545. The van der Waals surface area contributed by atoms with Crippen LogP contribution >= 0.6 is 11.8 Å². The molecule has 1 heterocycles. The van der Waals surface area contributed by atoms with E-state index in [4.69, 9.17) is 5.73 Å². The van der Waals surface area contributed by atoms with E-state index in [1.54, 1.807) is 0 Å². The summed E-state index contributed by atoms with van der Waals surface area (Å²) < 4.78 is 36.0. The molecular weight excluding hydrogens is 281 g/mol. The van der Waals surface area contributed by atoms with Crippen LogP contribution in [0.5, 0.6) is 0 Å². The van der Waals surface area contributed by atoms with E-state index in [0.717, 1.165) is 4.90 Å². The van der Waals surface area contributed by atoms with Gasteiger partial charge >= 0.3 is 5.51 Å². The lowest BCUT2D eigenvalue weighted by Crippen LogP contribution is -2.32.